The highest BCUT2D eigenvalue weighted by Gasteiger charge is 2.23. The van der Waals surface area contributed by atoms with E-state index in [1.54, 1.807) is 0 Å². The number of carbonyl (C=O) groups is 2. The highest BCUT2D eigenvalue weighted by atomic mass is 32.5. The molecule has 0 unspecified atom stereocenters. The van der Waals surface area contributed by atoms with Gasteiger partial charge < -0.3 is 24.9 Å². The Hall–Kier alpha value is -0.530. The molecule has 0 aliphatic heterocycles. The maximum atomic E-state index is 12.4. The van der Waals surface area contributed by atoms with E-state index in [1.165, 1.54) is 19.3 Å². The largest absolute Gasteiger partial charge is 0.354 e. The Morgan fingerprint density at radius 2 is 1.46 bits per heavy atom. The minimum Gasteiger partial charge on any atom is -0.354 e. The van der Waals surface area contributed by atoms with E-state index in [1.807, 2.05) is 0 Å². The van der Waals surface area contributed by atoms with Gasteiger partial charge in [-0.15, -0.1) is 0 Å². The van der Waals surface area contributed by atoms with Crippen molar-refractivity contribution in [1.29, 1.82) is 0 Å². The lowest BCUT2D eigenvalue weighted by atomic mass is 10.1. The molecule has 0 spiro atoms. The predicted molar refractivity (Wildman–Crippen MR) is 116 cm³/mol. The molecular formula is C19H39N2O5PS. The third kappa shape index (κ3) is 17.6. The zero-order valence-corrected chi connectivity index (χ0v) is 19.2. The molecule has 1 atom stereocenters. The Bertz CT molecular complexity index is 473. The minimum atomic E-state index is -3.88. The molecule has 28 heavy (non-hydrogen) atoms. The van der Waals surface area contributed by atoms with Gasteiger partial charge in [0.15, 0.2) is 0 Å². The highest BCUT2D eigenvalue weighted by molar-refractivity contribution is 8.06. The molecule has 2 amide bonds. The second kappa shape index (κ2) is 17.3. The van der Waals surface area contributed by atoms with Gasteiger partial charge in [-0.05, 0) is 24.6 Å². The van der Waals surface area contributed by atoms with Crippen LogP contribution in [0.1, 0.15) is 90.9 Å². The first kappa shape index (κ1) is 27.5. The molecule has 0 aliphatic carbocycles. The van der Waals surface area contributed by atoms with Gasteiger partial charge >= 0.3 is 6.72 Å². The summed E-state index contributed by atoms with van der Waals surface area (Å²) in [7, 11) is 0. The summed E-state index contributed by atoms with van der Waals surface area (Å²) in [4.78, 5) is 42.9. The molecule has 0 saturated carbocycles. The third-order valence-electron chi connectivity index (χ3n) is 4.40. The quantitative estimate of drug-likeness (QED) is 0.193. The first-order valence-corrected chi connectivity index (χ1v) is 13.2. The SMILES string of the molecule is CCCCCCCCNC(=O)[C@H](COP(O)(O)=S)NC(=O)CCCCCCC. The zero-order valence-electron chi connectivity index (χ0n) is 17.5. The number of hydrogen-bond donors (Lipinski definition) is 4. The molecule has 0 aliphatic rings. The number of nitrogens with one attached hydrogen (secondary N) is 2. The third-order valence-corrected chi connectivity index (χ3v) is 5.20. The van der Waals surface area contributed by atoms with Crippen LogP contribution in [-0.2, 0) is 25.9 Å². The van der Waals surface area contributed by atoms with Crippen LogP contribution in [0.25, 0.3) is 0 Å². The highest BCUT2D eigenvalue weighted by Crippen LogP contribution is 2.36. The van der Waals surface area contributed by atoms with Crippen molar-refractivity contribution >= 4 is 30.3 Å². The number of hydrogen-bond acceptors (Lipinski definition) is 4. The Balaban J connectivity index is 4.31. The van der Waals surface area contributed by atoms with Crippen molar-refractivity contribution < 1.29 is 23.9 Å². The Kier molecular flexibility index (Phi) is 17.0. The molecule has 0 aromatic carbocycles. The maximum Gasteiger partial charge on any atom is 0.321 e. The van der Waals surface area contributed by atoms with E-state index in [2.05, 4.69) is 36.3 Å². The van der Waals surface area contributed by atoms with E-state index in [4.69, 9.17) is 4.52 Å². The Morgan fingerprint density at radius 3 is 2.04 bits per heavy atom. The van der Waals surface area contributed by atoms with Crippen molar-refractivity contribution in [2.75, 3.05) is 13.2 Å². The van der Waals surface area contributed by atoms with E-state index in [0.717, 1.165) is 51.4 Å². The predicted octanol–water partition coefficient (Wildman–Crippen LogP) is 3.53. The van der Waals surface area contributed by atoms with Crippen molar-refractivity contribution in [2.24, 2.45) is 0 Å². The summed E-state index contributed by atoms with van der Waals surface area (Å²) in [5, 5.41) is 5.40. The van der Waals surface area contributed by atoms with Gasteiger partial charge in [-0.1, -0.05) is 71.6 Å². The Morgan fingerprint density at radius 1 is 0.929 bits per heavy atom. The summed E-state index contributed by atoms with van der Waals surface area (Å²) in [6.07, 6.45) is 12.1. The van der Waals surface area contributed by atoms with E-state index >= 15 is 0 Å². The molecule has 0 rings (SSSR count). The summed E-state index contributed by atoms with van der Waals surface area (Å²) < 4.78 is 4.80. The fourth-order valence-electron chi connectivity index (χ4n) is 2.75. The summed E-state index contributed by atoms with van der Waals surface area (Å²) >= 11 is 4.43. The van der Waals surface area contributed by atoms with Crippen LogP contribution in [0.5, 0.6) is 0 Å². The van der Waals surface area contributed by atoms with Gasteiger partial charge in [-0.25, -0.2) is 0 Å². The second-order valence-corrected chi connectivity index (χ2v) is 9.80. The molecule has 0 radical (unpaired) electrons. The monoisotopic (exact) mass is 438 g/mol. The average molecular weight is 439 g/mol. The van der Waals surface area contributed by atoms with Crippen LogP contribution < -0.4 is 10.6 Å². The minimum absolute atomic E-state index is 0.246. The van der Waals surface area contributed by atoms with Crippen molar-refractivity contribution in [3.63, 3.8) is 0 Å². The molecule has 0 fully saturated rings. The molecule has 9 heteroatoms. The lowest BCUT2D eigenvalue weighted by Gasteiger charge is -2.19. The molecule has 0 bridgehead atoms. The van der Waals surface area contributed by atoms with Crippen LogP contribution in [0.3, 0.4) is 0 Å². The fraction of sp³-hybridized carbons (Fsp3) is 0.895. The van der Waals surface area contributed by atoms with Gasteiger partial charge in [0.25, 0.3) is 0 Å². The van der Waals surface area contributed by atoms with Crippen molar-refractivity contribution in [3.8, 4) is 0 Å². The summed E-state index contributed by atoms with van der Waals surface area (Å²) in [6.45, 7) is 0.577. The van der Waals surface area contributed by atoms with Gasteiger partial charge in [0.1, 0.15) is 6.04 Å². The summed E-state index contributed by atoms with van der Waals surface area (Å²) in [5.74, 6) is -0.639. The van der Waals surface area contributed by atoms with Gasteiger partial charge in [-0.3, -0.25) is 9.59 Å². The van der Waals surface area contributed by atoms with Crippen LogP contribution >= 0.6 is 6.72 Å². The smallest absolute Gasteiger partial charge is 0.321 e. The van der Waals surface area contributed by atoms with Crippen molar-refractivity contribution in [1.82, 2.24) is 10.6 Å². The van der Waals surface area contributed by atoms with Crippen LogP contribution in [0.2, 0.25) is 0 Å². The second-order valence-electron chi connectivity index (χ2n) is 7.13. The van der Waals surface area contributed by atoms with E-state index in [-0.39, 0.29) is 12.5 Å². The standard InChI is InChI=1S/C19H39N2O5PS/c1-3-5-7-9-11-13-15-20-19(23)17(16-26-27(24,25)28)21-18(22)14-12-10-8-6-4-2/h17H,3-16H2,1-2H3,(H,20,23)(H,21,22)(H2,24,25,28)/t17-/m0/s1. The Labute approximate surface area is 175 Å². The van der Waals surface area contributed by atoms with Crippen molar-refractivity contribution in [2.45, 2.75) is 96.9 Å². The average Bonchev–Trinajstić information content (AvgIpc) is 2.63. The van der Waals surface area contributed by atoms with E-state index < -0.39 is 18.7 Å². The summed E-state index contributed by atoms with van der Waals surface area (Å²) in [5.41, 5.74) is 0. The lowest BCUT2D eigenvalue weighted by molar-refractivity contribution is -0.129. The topological polar surface area (TPSA) is 108 Å². The molecule has 0 heterocycles. The molecule has 4 N–H and O–H groups in total. The van der Waals surface area contributed by atoms with Gasteiger partial charge in [0, 0.05) is 13.0 Å². The van der Waals surface area contributed by atoms with E-state index in [0.29, 0.717) is 13.0 Å². The molecular weight excluding hydrogens is 399 g/mol. The number of carbonyl (C=O) groups excluding carboxylic acids is 2. The molecule has 166 valence electrons. The molecule has 0 aromatic heterocycles. The molecule has 0 saturated heterocycles. The maximum absolute atomic E-state index is 12.4. The van der Waals surface area contributed by atoms with E-state index in [9.17, 15) is 19.4 Å². The summed E-state index contributed by atoms with van der Waals surface area (Å²) in [6, 6.07) is -0.982. The molecule has 7 nitrogen and oxygen atoms in total. The van der Waals surface area contributed by atoms with Crippen LogP contribution in [0.4, 0.5) is 0 Å². The number of unbranched alkanes of at least 4 members (excludes halogenated alkanes) is 9. The van der Waals surface area contributed by atoms with Crippen LogP contribution in [0, 0.1) is 0 Å². The first-order chi connectivity index (χ1) is 13.3. The van der Waals surface area contributed by atoms with Crippen LogP contribution in [-0.4, -0.2) is 40.8 Å². The first-order valence-electron chi connectivity index (χ1n) is 10.6. The zero-order chi connectivity index (χ0) is 21.3. The van der Waals surface area contributed by atoms with Gasteiger partial charge in [0.2, 0.25) is 11.8 Å². The number of rotatable bonds is 18. The van der Waals surface area contributed by atoms with Gasteiger partial charge in [0.05, 0.1) is 6.61 Å². The number of amides is 2. The normalized spacial score (nSPS) is 12.6. The van der Waals surface area contributed by atoms with Crippen molar-refractivity contribution in [3.05, 3.63) is 0 Å². The lowest BCUT2D eigenvalue weighted by Crippen LogP contribution is -2.49. The fourth-order valence-corrected chi connectivity index (χ4v) is 3.28. The van der Waals surface area contributed by atoms with Gasteiger partial charge in [-0.2, -0.15) is 0 Å². The molecule has 0 aromatic rings. The van der Waals surface area contributed by atoms with Crippen LogP contribution in [0.15, 0.2) is 0 Å².